The molecule has 1 saturated carbocycles. The number of hydrogen-bond acceptors (Lipinski definition) is 3. The summed E-state index contributed by atoms with van der Waals surface area (Å²) in [7, 11) is 3.95. The van der Waals surface area contributed by atoms with E-state index in [1.807, 2.05) is 0 Å². The van der Waals surface area contributed by atoms with E-state index in [0.29, 0.717) is 18.1 Å². The van der Waals surface area contributed by atoms with E-state index in [0.717, 1.165) is 13.0 Å². The Morgan fingerprint density at radius 1 is 1.50 bits per heavy atom. The number of hydrogen-bond donors (Lipinski definition) is 1. The summed E-state index contributed by atoms with van der Waals surface area (Å²) in [6, 6.07) is 1.56. The quantitative estimate of drug-likeness (QED) is 0.741. The number of ether oxygens (including phenoxy) is 1. The van der Waals surface area contributed by atoms with E-state index in [-0.39, 0.29) is 0 Å². The van der Waals surface area contributed by atoms with E-state index < -0.39 is 0 Å². The van der Waals surface area contributed by atoms with E-state index in [9.17, 15) is 0 Å². The summed E-state index contributed by atoms with van der Waals surface area (Å²) in [5.74, 6) is 0. The lowest BCUT2D eigenvalue weighted by molar-refractivity contribution is 0.0726. The molecular formula is C11H24N2O. The van der Waals surface area contributed by atoms with Crippen LogP contribution in [-0.2, 0) is 4.74 Å². The third kappa shape index (κ3) is 3.23. The van der Waals surface area contributed by atoms with Gasteiger partial charge in [0.2, 0.25) is 0 Å². The van der Waals surface area contributed by atoms with Crippen molar-refractivity contribution >= 4 is 0 Å². The van der Waals surface area contributed by atoms with Crippen LogP contribution in [0.15, 0.2) is 0 Å². The van der Waals surface area contributed by atoms with Gasteiger partial charge in [-0.25, -0.2) is 0 Å². The van der Waals surface area contributed by atoms with E-state index in [1.165, 1.54) is 19.3 Å². The lowest BCUT2D eigenvalue weighted by Crippen LogP contribution is -2.45. The Morgan fingerprint density at radius 3 is 2.79 bits per heavy atom. The minimum absolute atomic E-state index is 0.408. The second-order valence-electron chi connectivity index (χ2n) is 4.55. The number of methoxy groups -OCH3 is 1. The van der Waals surface area contributed by atoms with Gasteiger partial charge in [0.1, 0.15) is 0 Å². The second-order valence-corrected chi connectivity index (χ2v) is 4.55. The van der Waals surface area contributed by atoms with Gasteiger partial charge in [-0.1, -0.05) is 6.42 Å². The van der Waals surface area contributed by atoms with Gasteiger partial charge in [-0.3, -0.25) is 4.90 Å². The van der Waals surface area contributed by atoms with Gasteiger partial charge in [0.15, 0.2) is 0 Å². The minimum atomic E-state index is 0.408. The molecule has 1 rings (SSSR count). The molecule has 3 atom stereocenters. The molecule has 0 radical (unpaired) electrons. The fourth-order valence-corrected chi connectivity index (χ4v) is 2.29. The van der Waals surface area contributed by atoms with Crippen LogP contribution in [-0.4, -0.2) is 43.8 Å². The Hall–Kier alpha value is -0.120. The van der Waals surface area contributed by atoms with E-state index >= 15 is 0 Å². The Balaban J connectivity index is 2.38. The molecule has 2 N–H and O–H groups in total. The van der Waals surface area contributed by atoms with Crippen LogP contribution in [0.5, 0.6) is 0 Å². The van der Waals surface area contributed by atoms with Crippen molar-refractivity contribution in [2.24, 2.45) is 5.73 Å². The lowest BCUT2D eigenvalue weighted by atomic mass is 9.90. The van der Waals surface area contributed by atoms with Gasteiger partial charge >= 0.3 is 0 Å². The van der Waals surface area contributed by atoms with Gasteiger partial charge in [0.05, 0.1) is 6.61 Å². The highest BCUT2D eigenvalue weighted by Crippen LogP contribution is 2.22. The lowest BCUT2D eigenvalue weighted by Gasteiger charge is -2.37. The van der Waals surface area contributed by atoms with E-state index in [2.05, 4.69) is 18.9 Å². The predicted molar refractivity (Wildman–Crippen MR) is 59.3 cm³/mol. The molecule has 3 nitrogen and oxygen atoms in total. The normalized spacial score (nSPS) is 30.6. The van der Waals surface area contributed by atoms with Crippen molar-refractivity contribution in [1.82, 2.24) is 4.90 Å². The number of nitrogens with two attached hydrogens (primary N) is 1. The van der Waals surface area contributed by atoms with Crippen LogP contribution in [0.4, 0.5) is 0 Å². The molecule has 0 amide bonds. The summed E-state index contributed by atoms with van der Waals surface area (Å²) in [6.45, 7) is 3.02. The number of rotatable bonds is 4. The molecule has 84 valence electrons. The van der Waals surface area contributed by atoms with Crippen LogP contribution in [0, 0.1) is 0 Å². The molecule has 0 aliphatic heterocycles. The van der Waals surface area contributed by atoms with Gasteiger partial charge in [-0.2, -0.15) is 0 Å². The molecule has 0 spiro atoms. The molecular weight excluding hydrogens is 176 g/mol. The molecule has 1 fully saturated rings. The molecule has 3 unspecified atom stereocenters. The average Bonchev–Trinajstić information content (AvgIpc) is 2.17. The van der Waals surface area contributed by atoms with Gasteiger partial charge in [0.25, 0.3) is 0 Å². The Kier molecular flexibility index (Phi) is 4.85. The Bertz CT molecular complexity index is 163. The van der Waals surface area contributed by atoms with Gasteiger partial charge in [0, 0.05) is 25.2 Å². The highest BCUT2D eigenvalue weighted by Gasteiger charge is 2.25. The maximum atomic E-state index is 5.98. The molecule has 0 aromatic carbocycles. The summed E-state index contributed by atoms with van der Waals surface area (Å²) in [6.07, 6.45) is 4.90. The molecule has 0 aromatic rings. The van der Waals surface area contributed by atoms with Crippen molar-refractivity contribution in [3.8, 4) is 0 Å². The summed E-state index contributed by atoms with van der Waals surface area (Å²) >= 11 is 0. The largest absolute Gasteiger partial charge is 0.383 e. The van der Waals surface area contributed by atoms with Crippen LogP contribution >= 0.6 is 0 Å². The van der Waals surface area contributed by atoms with Crippen molar-refractivity contribution in [2.75, 3.05) is 20.8 Å². The molecule has 3 heteroatoms. The van der Waals surface area contributed by atoms with Crippen molar-refractivity contribution in [3.05, 3.63) is 0 Å². The topological polar surface area (TPSA) is 38.5 Å². The molecule has 0 aromatic heterocycles. The van der Waals surface area contributed by atoms with Crippen molar-refractivity contribution in [3.63, 3.8) is 0 Å². The van der Waals surface area contributed by atoms with E-state index in [4.69, 9.17) is 10.5 Å². The first kappa shape index (κ1) is 12.0. The zero-order valence-electron chi connectivity index (χ0n) is 9.70. The summed E-state index contributed by atoms with van der Waals surface area (Å²) in [4.78, 5) is 2.42. The fourth-order valence-electron chi connectivity index (χ4n) is 2.29. The van der Waals surface area contributed by atoms with Crippen molar-refractivity contribution in [1.29, 1.82) is 0 Å². The highest BCUT2D eigenvalue weighted by atomic mass is 16.5. The molecule has 1 aliphatic carbocycles. The number of nitrogens with zero attached hydrogens (tertiary/aromatic N) is 1. The smallest absolute Gasteiger partial charge is 0.0615 e. The Morgan fingerprint density at radius 2 is 2.21 bits per heavy atom. The predicted octanol–water partition coefficient (Wildman–Crippen LogP) is 1.22. The molecule has 0 bridgehead atoms. The van der Waals surface area contributed by atoms with E-state index in [1.54, 1.807) is 7.11 Å². The monoisotopic (exact) mass is 200 g/mol. The zero-order valence-corrected chi connectivity index (χ0v) is 9.70. The average molecular weight is 200 g/mol. The van der Waals surface area contributed by atoms with Crippen molar-refractivity contribution < 1.29 is 4.74 Å². The van der Waals surface area contributed by atoms with Crippen LogP contribution in [0.25, 0.3) is 0 Å². The van der Waals surface area contributed by atoms with Gasteiger partial charge in [-0.05, 0) is 33.2 Å². The first-order chi connectivity index (χ1) is 6.65. The van der Waals surface area contributed by atoms with Crippen LogP contribution < -0.4 is 5.73 Å². The first-order valence-corrected chi connectivity index (χ1v) is 5.61. The fraction of sp³-hybridized carbons (Fsp3) is 1.00. The summed E-state index contributed by atoms with van der Waals surface area (Å²) < 4.78 is 5.17. The summed E-state index contributed by atoms with van der Waals surface area (Å²) in [5, 5.41) is 0. The SMILES string of the molecule is COCC(C)N(C)C1CCCC(N)C1. The van der Waals surface area contributed by atoms with Crippen LogP contribution in [0.1, 0.15) is 32.6 Å². The molecule has 1 aliphatic rings. The van der Waals surface area contributed by atoms with Crippen molar-refractivity contribution in [2.45, 2.75) is 50.7 Å². The maximum absolute atomic E-state index is 5.98. The first-order valence-electron chi connectivity index (χ1n) is 5.61. The number of likely N-dealkylation sites (N-methyl/N-ethyl adjacent to an activating group) is 1. The van der Waals surface area contributed by atoms with Gasteiger partial charge < -0.3 is 10.5 Å². The third-order valence-electron chi connectivity index (χ3n) is 3.37. The zero-order chi connectivity index (χ0) is 10.6. The minimum Gasteiger partial charge on any atom is -0.383 e. The van der Waals surface area contributed by atoms with Crippen LogP contribution in [0.3, 0.4) is 0 Å². The van der Waals surface area contributed by atoms with Gasteiger partial charge in [-0.15, -0.1) is 0 Å². The standard InChI is InChI=1S/C11H24N2O/c1-9(8-14-3)13(2)11-6-4-5-10(12)7-11/h9-11H,4-8,12H2,1-3H3. The molecule has 14 heavy (non-hydrogen) atoms. The molecule has 0 heterocycles. The second kappa shape index (κ2) is 5.69. The molecule has 0 saturated heterocycles. The highest BCUT2D eigenvalue weighted by molar-refractivity contribution is 4.82. The summed E-state index contributed by atoms with van der Waals surface area (Å²) in [5.41, 5.74) is 5.98. The maximum Gasteiger partial charge on any atom is 0.0615 e. The van der Waals surface area contributed by atoms with Crippen LogP contribution in [0.2, 0.25) is 0 Å². The third-order valence-corrected chi connectivity index (χ3v) is 3.37. The Labute approximate surface area is 87.6 Å².